The first kappa shape index (κ1) is 16.3. The second kappa shape index (κ2) is 7.28. The maximum absolute atomic E-state index is 6.06. The molecular weight excluding hydrogens is 300 g/mol. The van der Waals surface area contributed by atoms with Gasteiger partial charge in [-0.2, -0.15) is 0 Å². The second-order valence-corrected chi connectivity index (χ2v) is 7.15. The summed E-state index contributed by atoms with van der Waals surface area (Å²) in [6.45, 7) is 9.65. The van der Waals surface area contributed by atoms with Crippen LogP contribution in [0.5, 0.6) is 0 Å². The van der Waals surface area contributed by atoms with Gasteiger partial charge in [0.25, 0.3) is 0 Å². The molecule has 21 heavy (non-hydrogen) atoms. The second-order valence-electron chi connectivity index (χ2n) is 5.85. The Hall–Kier alpha value is -1.06. The molecule has 2 aromatic heterocycles. The highest BCUT2D eigenvalue weighted by molar-refractivity contribution is 7.09. The van der Waals surface area contributed by atoms with E-state index in [1.54, 1.807) is 11.3 Å². The number of rotatable bonds is 6. The van der Waals surface area contributed by atoms with Gasteiger partial charge in [-0.15, -0.1) is 22.9 Å². The van der Waals surface area contributed by atoms with Crippen LogP contribution in [0.25, 0.3) is 0 Å². The molecule has 0 unspecified atom stereocenters. The lowest BCUT2D eigenvalue weighted by molar-refractivity contribution is 0.671. The Balaban J connectivity index is 2.37. The molecule has 114 valence electrons. The molecule has 2 heterocycles. The fourth-order valence-corrected chi connectivity index (χ4v) is 3.07. The van der Waals surface area contributed by atoms with Gasteiger partial charge in [-0.05, 0) is 48.9 Å². The Morgan fingerprint density at radius 1 is 1.24 bits per heavy atom. The molecule has 2 rings (SSSR count). The largest absolute Gasteiger partial charge is 0.349 e. The van der Waals surface area contributed by atoms with E-state index in [0.717, 1.165) is 23.6 Å². The van der Waals surface area contributed by atoms with E-state index in [-0.39, 0.29) is 0 Å². The average Bonchev–Trinajstić information content (AvgIpc) is 2.96. The number of thiophene rings is 1. The molecule has 0 atom stereocenters. The van der Waals surface area contributed by atoms with Crippen molar-refractivity contribution < 1.29 is 0 Å². The number of aromatic nitrogens is 1. The van der Waals surface area contributed by atoms with Crippen LogP contribution in [-0.2, 0) is 12.4 Å². The number of pyridine rings is 1. The van der Waals surface area contributed by atoms with Gasteiger partial charge >= 0.3 is 0 Å². The molecule has 0 fully saturated rings. The van der Waals surface area contributed by atoms with E-state index in [1.165, 1.54) is 4.88 Å². The molecule has 0 bridgehead atoms. The summed E-state index contributed by atoms with van der Waals surface area (Å²) in [7, 11) is 0. The summed E-state index contributed by atoms with van der Waals surface area (Å²) in [4.78, 5) is 8.55. The molecule has 0 saturated carbocycles. The minimum Gasteiger partial charge on any atom is -0.349 e. The Bertz CT molecular complexity index is 564. The Kier molecular flexibility index (Phi) is 5.65. The summed E-state index contributed by atoms with van der Waals surface area (Å²) >= 11 is 7.85. The van der Waals surface area contributed by atoms with Crippen molar-refractivity contribution in [3.63, 3.8) is 0 Å². The van der Waals surface area contributed by atoms with Crippen molar-refractivity contribution in [3.05, 3.63) is 45.8 Å². The third-order valence-electron chi connectivity index (χ3n) is 3.46. The van der Waals surface area contributed by atoms with E-state index < -0.39 is 0 Å². The zero-order valence-corrected chi connectivity index (χ0v) is 14.7. The first-order chi connectivity index (χ1) is 10.0. The molecule has 0 aromatic carbocycles. The highest BCUT2D eigenvalue weighted by Gasteiger charge is 2.16. The van der Waals surface area contributed by atoms with Crippen molar-refractivity contribution in [3.8, 4) is 0 Å². The number of halogens is 1. The quantitative estimate of drug-likeness (QED) is 0.660. The van der Waals surface area contributed by atoms with Gasteiger partial charge in [0, 0.05) is 22.5 Å². The molecule has 0 aliphatic heterocycles. The van der Waals surface area contributed by atoms with Crippen molar-refractivity contribution in [1.29, 1.82) is 0 Å². The molecule has 0 N–H and O–H groups in total. The molecule has 0 spiro atoms. The van der Waals surface area contributed by atoms with Crippen LogP contribution in [-0.4, -0.2) is 11.0 Å². The average molecular weight is 323 g/mol. The Morgan fingerprint density at radius 3 is 2.52 bits per heavy atom. The molecule has 0 saturated heterocycles. The fourth-order valence-electron chi connectivity index (χ4n) is 2.21. The van der Waals surface area contributed by atoms with Crippen molar-refractivity contribution >= 4 is 28.8 Å². The van der Waals surface area contributed by atoms with Crippen LogP contribution >= 0.6 is 22.9 Å². The molecule has 4 heteroatoms. The lowest BCUT2D eigenvalue weighted by Gasteiger charge is -2.28. The predicted molar refractivity (Wildman–Crippen MR) is 93.5 cm³/mol. The summed E-state index contributed by atoms with van der Waals surface area (Å²) in [5.41, 5.74) is 2.25. The maximum atomic E-state index is 6.06. The standard InChI is InChI=1S/C17H23ClN2S/c1-12(2)16-8-14(10-18)9-17(19-16)20(13(3)4)11-15-6-5-7-21-15/h5-9,12-13H,10-11H2,1-4H3. The van der Waals surface area contributed by atoms with E-state index in [4.69, 9.17) is 16.6 Å². The maximum Gasteiger partial charge on any atom is 0.129 e. The minimum absolute atomic E-state index is 0.394. The van der Waals surface area contributed by atoms with E-state index in [1.807, 2.05) is 0 Å². The molecule has 0 radical (unpaired) electrons. The van der Waals surface area contributed by atoms with Crippen molar-refractivity contribution in [2.45, 2.75) is 52.1 Å². The number of hydrogen-bond donors (Lipinski definition) is 0. The van der Waals surface area contributed by atoms with Crippen molar-refractivity contribution in [2.75, 3.05) is 4.90 Å². The first-order valence-corrected chi connectivity index (χ1v) is 8.78. The molecular formula is C17H23ClN2S. The summed E-state index contributed by atoms with van der Waals surface area (Å²) in [5, 5.41) is 2.12. The van der Waals surface area contributed by atoms with E-state index in [0.29, 0.717) is 17.8 Å². The van der Waals surface area contributed by atoms with Crippen LogP contribution in [0.3, 0.4) is 0 Å². The lowest BCUT2D eigenvalue weighted by atomic mass is 10.1. The van der Waals surface area contributed by atoms with E-state index >= 15 is 0 Å². The van der Waals surface area contributed by atoms with Gasteiger partial charge in [-0.1, -0.05) is 19.9 Å². The van der Waals surface area contributed by atoms with Crippen LogP contribution in [0.15, 0.2) is 29.6 Å². The summed E-state index contributed by atoms with van der Waals surface area (Å²) < 4.78 is 0. The van der Waals surface area contributed by atoms with Crippen LogP contribution < -0.4 is 4.90 Å². The predicted octanol–water partition coefficient (Wildman–Crippen LogP) is 5.42. The third kappa shape index (κ3) is 4.21. The van der Waals surface area contributed by atoms with Crippen molar-refractivity contribution in [2.24, 2.45) is 0 Å². The van der Waals surface area contributed by atoms with Crippen molar-refractivity contribution in [1.82, 2.24) is 4.98 Å². The lowest BCUT2D eigenvalue weighted by Crippen LogP contribution is -2.31. The monoisotopic (exact) mass is 322 g/mol. The summed E-state index contributed by atoms with van der Waals surface area (Å²) in [5.74, 6) is 1.96. The van der Waals surface area contributed by atoms with Gasteiger partial charge in [0.2, 0.25) is 0 Å². The number of anilines is 1. The van der Waals surface area contributed by atoms with Crippen LogP contribution in [0.1, 0.15) is 49.7 Å². The first-order valence-electron chi connectivity index (χ1n) is 7.37. The zero-order chi connectivity index (χ0) is 15.4. The highest BCUT2D eigenvalue weighted by atomic mass is 35.5. The minimum atomic E-state index is 0.394. The van der Waals surface area contributed by atoms with Crippen LogP contribution in [0.4, 0.5) is 5.82 Å². The van der Waals surface area contributed by atoms with Gasteiger partial charge in [0.15, 0.2) is 0 Å². The number of nitrogens with zero attached hydrogens (tertiary/aromatic N) is 2. The van der Waals surface area contributed by atoms with Crippen LogP contribution in [0.2, 0.25) is 0 Å². The molecule has 0 amide bonds. The molecule has 2 aromatic rings. The normalized spacial score (nSPS) is 11.4. The molecule has 0 aliphatic carbocycles. The SMILES string of the molecule is CC(C)c1cc(CCl)cc(N(Cc2cccs2)C(C)C)n1. The third-order valence-corrected chi connectivity index (χ3v) is 4.63. The molecule has 0 aliphatic rings. The van der Waals surface area contributed by atoms with Gasteiger partial charge < -0.3 is 4.90 Å². The Morgan fingerprint density at radius 2 is 2.00 bits per heavy atom. The Labute approximate surface area is 136 Å². The van der Waals surface area contributed by atoms with Gasteiger partial charge in [-0.3, -0.25) is 0 Å². The smallest absolute Gasteiger partial charge is 0.129 e. The van der Waals surface area contributed by atoms with Crippen LogP contribution in [0, 0.1) is 0 Å². The highest BCUT2D eigenvalue weighted by Crippen LogP contribution is 2.25. The summed E-state index contributed by atoms with van der Waals surface area (Å²) in [6, 6.07) is 8.90. The molecule has 2 nitrogen and oxygen atoms in total. The van der Waals surface area contributed by atoms with Gasteiger partial charge in [0.05, 0.1) is 6.54 Å². The van der Waals surface area contributed by atoms with Gasteiger partial charge in [0.1, 0.15) is 5.82 Å². The number of alkyl halides is 1. The summed E-state index contributed by atoms with van der Waals surface area (Å²) in [6.07, 6.45) is 0. The van der Waals surface area contributed by atoms with Gasteiger partial charge in [-0.25, -0.2) is 4.98 Å². The van der Waals surface area contributed by atoms with E-state index in [9.17, 15) is 0 Å². The zero-order valence-electron chi connectivity index (χ0n) is 13.1. The number of hydrogen-bond acceptors (Lipinski definition) is 3. The topological polar surface area (TPSA) is 16.1 Å². The van der Waals surface area contributed by atoms with E-state index in [2.05, 4.69) is 62.2 Å². The fraction of sp³-hybridized carbons (Fsp3) is 0.471.